The van der Waals surface area contributed by atoms with E-state index < -0.39 is 29.1 Å². The maximum Gasteiger partial charge on any atom is 0.326 e. The quantitative estimate of drug-likeness (QED) is 0.433. The molecule has 172 valence electrons. The minimum atomic E-state index is -1.20. The summed E-state index contributed by atoms with van der Waals surface area (Å²) in [4.78, 5) is 24.5. The van der Waals surface area contributed by atoms with Gasteiger partial charge in [-0.25, -0.2) is 13.6 Å². The minimum absolute atomic E-state index is 0.286. The fraction of sp³-hybridized carbons (Fsp3) is 0.200. The van der Waals surface area contributed by atoms with E-state index in [1.165, 1.54) is 0 Å². The molecule has 3 aromatic rings. The van der Waals surface area contributed by atoms with Gasteiger partial charge in [0, 0.05) is 5.69 Å². The highest BCUT2D eigenvalue weighted by Crippen LogP contribution is 2.40. The lowest BCUT2D eigenvalue weighted by Crippen LogP contribution is -2.35. The lowest BCUT2D eigenvalue weighted by Gasteiger charge is -2.18. The van der Waals surface area contributed by atoms with E-state index in [0.717, 1.165) is 34.9 Å². The van der Waals surface area contributed by atoms with Crippen LogP contribution in [0, 0.1) is 46.3 Å². The van der Waals surface area contributed by atoms with Crippen LogP contribution < -0.4 is 15.4 Å². The summed E-state index contributed by atoms with van der Waals surface area (Å²) in [5, 5.41) is 4.70. The van der Waals surface area contributed by atoms with Gasteiger partial charge in [-0.05, 0) is 86.7 Å². The van der Waals surface area contributed by atoms with Crippen molar-refractivity contribution in [2.24, 2.45) is 0 Å². The average molecular weight is 473 g/mol. The average Bonchev–Trinajstić information content (AvgIpc) is 2.72. The summed E-state index contributed by atoms with van der Waals surface area (Å²) in [6.07, 6.45) is 0. The molecule has 0 bridgehead atoms. The topological polar surface area (TPSA) is 67.4 Å². The summed E-state index contributed by atoms with van der Waals surface area (Å²) in [5.74, 6) is -2.24. The van der Waals surface area contributed by atoms with Crippen LogP contribution in [0.3, 0.4) is 0 Å². The van der Waals surface area contributed by atoms with Gasteiger partial charge in [0.2, 0.25) is 0 Å². The van der Waals surface area contributed by atoms with Gasteiger partial charge in [-0.15, -0.1) is 0 Å². The molecular weight excluding hydrogens is 450 g/mol. The van der Waals surface area contributed by atoms with Crippen LogP contribution in [-0.4, -0.2) is 11.9 Å². The van der Waals surface area contributed by atoms with E-state index in [2.05, 4.69) is 5.32 Å². The molecule has 33 heavy (non-hydrogen) atoms. The largest absolute Gasteiger partial charge is 0.455 e. The van der Waals surface area contributed by atoms with E-state index in [4.69, 9.17) is 16.3 Å². The lowest BCUT2D eigenvalue weighted by atomic mass is 10.1. The van der Waals surface area contributed by atoms with Crippen LogP contribution >= 0.6 is 11.6 Å². The molecule has 0 aliphatic carbocycles. The number of nitrogens with one attached hydrogen (secondary N) is 2. The van der Waals surface area contributed by atoms with E-state index in [-0.39, 0.29) is 5.02 Å². The summed E-state index contributed by atoms with van der Waals surface area (Å²) in [5.41, 5.74) is 3.79. The van der Waals surface area contributed by atoms with Crippen molar-refractivity contribution in [1.29, 1.82) is 0 Å². The third kappa shape index (κ3) is 5.14. The predicted octanol–water partition coefficient (Wildman–Crippen LogP) is 6.91. The van der Waals surface area contributed by atoms with Gasteiger partial charge in [0.05, 0.1) is 5.02 Å². The number of carbonyl (C=O) groups excluding carboxylic acids is 2. The van der Waals surface area contributed by atoms with Crippen molar-refractivity contribution in [2.75, 3.05) is 5.32 Å². The molecule has 2 N–H and O–H groups in total. The number of anilines is 1. The van der Waals surface area contributed by atoms with Gasteiger partial charge >= 0.3 is 6.03 Å². The monoisotopic (exact) mass is 472 g/mol. The molecule has 3 aromatic carbocycles. The van der Waals surface area contributed by atoms with Crippen LogP contribution in [0.4, 0.5) is 19.3 Å². The first-order valence-corrected chi connectivity index (χ1v) is 10.5. The Morgan fingerprint density at radius 2 is 1.48 bits per heavy atom. The predicted molar refractivity (Wildman–Crippen MR) is 124 cm³/mol. The Morgan fingerprint density at radius 1 is 0.879 bits per heavy atom. The second kappa shape index (κ2) is 9.58. The molecule has 0 saturated heterocycles. The van der Waals surface area contributed by atoms with Gasteiger partial charge in [-0.2, -0.15) is 0 Å². The maximum absolute atomic E-state index is 13.8. The molecule has 0 aliphatic heterocycles. The van der Waals surface area contributed by atoms with Crippen molar-refractivity contribution in [3.63, 3.8) is 0 Å². The molecule has 0 radical (unpaired) electrons. The Bertz CT molecular complexity index is 1250. The van der Waals surface area contributed by atoms with Gasteiger partial charge < -0.3 is 10.1 Å². The standard InChI is InChI=1S/C25H23ClF2N2O3/c1-12-9-14(3)20(11-13(12)2)33-23-15(4)10-19(16(5)22(23)26)29-25(32)30-24(31)21-17(27)7-6-8-18(21)28/h6-11H,1-5H3,(H2,29,30,31,32). The van der Waals surface area contributed by atoms with Crippen LogP contribution in [-0.2, 0) is 0 Å². The second-order valence-corrected chi connectivity index (χ2v) is 8.20. The number of hydrogen-bond acceptors (Lipinski definition) is 3. The van der Waals surface area contributed by atoms with Crippen molar-refractivity contribution in [1.82, 2.24) is 5.32 Å². The minimum Gasteiger partial charge on any atom is -0.455 e. The molecule has 3 amide bonds. The molecule has 0 fully saturated rings. The van der Waals surface area contributed by atoms with Crippen LogP contribution in [0.5, 0.6) is 11.5 Å². The highest BCUT2D eigenvalue weighted by atomic mass is 35.5. The molecule has 8 heteroatoms. The third-order valence-electron chi connectivity index (χ3n) is 5.32. The number of imide groups is 1. The first-order valence-electron chi connectivity index (χ1n) is 10.1. The van der Waals surface area contributed by atoms with E-state index in [9.17, 15) is 18.4 Å². The summed E-state index contributed by atoms with van der Waals surface area (Å²) >= 11 is 6.54. The number of amides is 3. The highest BCUT2D eigenvalue weighted by molar-refractivity contribution is 6.33. The van der Waals surface area contributed by atoms with Crippen molar-refractivity contribution < 1.29 is 23.1 Å². The summed E-state index contributed by atoms with van der Waals surface area (Å²) in [6, 6.07) is 7.62. The number of hydrogen-bond donors (Lipinski definition) is 2. The molecule has 0 aliphatic rings. The Morgan fingerprint density at radius 3 is 2.12 bits per heavy atom. The molecule has 3 rings (SSSR count). The lowest BCUT2D eigenvalue weighted by molar-refractivity contribution is 0.0959. The summed E-state index contributed by atoms with van der Waals surface area (Å²) in [6.45, 7) is 9.39. The fourth-order valence-corrected chi connectivity index (χ4v) is 3.58. The van der Waals surface area contributed by atoms with E-state index in [0.29, 0.717) is 28.3 Å². The zero-order chi connectivity index (χ0) is 24.4. The number of carbonyl (C=O) groups is 2. The van der Waals surface area contributed by atoms with Gasteiger partial charge in [0.15, 0.2) is 0 Å². The van der Waals surface area contributed by atoms with Gasteiger partial charge in [0.1, 0.15) is 28.7 Å². The van der Waals surface area contributed by atoms with Crippen molar-refractivity contribution in [2.45, 2.75) is 34.6 Å². The second-order valence-electron chi connectivity index (χ2n) is 7.82. The van der Waals surface area contributed by atoms with E-state index >= 15 is 0 Å². The number of urea groups is 1. The van der Waals surface area contributed by atoms with Gasteiger partial charge in [-0.1, -0.05) is 23.7 Å². The van der Waals surface area contributed by atoms with Crippen LogP contribution in [0.1, 0.15) is 38.2 Å². The Balaban J connectivity index is 1.82. The molecule has 0 saturated carbocycles. The smallest absolute Gasteiger partial charge is 0.326 e. The Labute approximate surface area is 195 Å². The van der Waals surface area contributed by atoms with Gasteiger partial charge in [-0.3, -0.25) is 10.1 Å². The Hall–Kier alpha value is -3.45. The third-order valence-corrected chi connectivity index (χ3v) is 5.78. The van der Waals surface area contributed by atoms with Crippen molar-refractivity contribution >= 4 is 29.2 Å². The fourth-order valence-electron chi connectivity index (χ4n) is 3.29. The summed E-state index contributed by atoms with van der Waals surface area (Å²) in [7, 11) is 0. The molecule has 0 spiro atoms. The van der Waals surface area contributed by atoms with Crippen LogP contribution in [0.2, 0.25) is 5.02 Å². The molecule has 0 atom stereocenters. The Kier molecular flexibility index (Phi) is 7.03. The highest BCUT2D eigenvalue weighted by Gasteiger charge is 2.21. The first kappa shape index (κ1) is 24.2. The van der Waals surface area contributed by atoms with Crippen LogP contribution in [0.15, 0.2) is 36.4 Å². The maximum atomic E-state index is 13.8. The molecule has 0 heterocycles. The summed E-state index contributed by atoms with van der Waals surface area (Å²) < 4.78 is 33.7. The van der Waals surface area contributed by atoms with Crippen molar-refractivity contribution in [3.05, 3.63) is 86.4 Å². The first-order chi connectivity index (χ1) is 15.5. The van der Waals surface area contributed by atoms with E-state index in [1.54, 1.807) is 19.9 Å². The number of aryl methyl sites for hydroxylation is 4. The SMILES string of the molecule is Cc1cc(C)c(Oc2c(C)cc(NC(=O)NC(=O)c3c(F)cccc3F)c(C)c2Cl)cc1C. The van der Waals surface area contributed by atoms with Crippen molar-refractivity contribution in [3.8, 4) is 11.5 Å². The number of rotatable bonds is 4. The molecule has 5 nitrogen and oxygen atoms in total. The molecule has 0 unspecified atom stereocenters. The zero-order valence-electron chi connectivity index (χ0n) is 18.8. The van der Waals surface area contributed by atoms with Crippen LogP contribution in [0.25, 0.3) is 0 Å². The number of ether oxygens (including phenoxy) is 1. The van der Waals surface area contributed by atoms with Gasteiger partial charge in [0.25, 0.3) is 5.91 Å². The zero-order valence-corrected chi connectivity index (χ0v) is 19.6. The number of benzene rings is 3. The normalized spacial score (nSPS) is 10.7. The molecular formula is C25H23ClF2N2O3. The molecule has 0 aromatic heterocycles. The number of halogens is 3. The van der Waals surface area contributed by atoms with E-state index in [1.807, 2.05) is 38.2 Å².